The van der Waals surface area contributed by atoms with Gasteiger partial charge in [-0.3, -0.25) is 4.98 Å². The Balaban J connectivity index is 1.81. The molecular formula is C15H19N3S. The number of aromatic nitrogens is 1. The topological polar surface area (TPSA) is 28.2 Å². The fourth-order valence-electron chi connectivity index (χ4n) is 2.27. The van der Waals surface area contributed by atoms with E-state index in [1.54, 1.807) is 0 Å². The molecule has 0 aromatic carbocycles. The third kappa shape index (κ3) is 3.07. The molecule has 0 spiro atoms. The van der Waals surface area contributed by atoms with E-state index < -0.39 is 0 Å². The smallest absolute Gasteiger partial charge is 0.0579 e. The summed E-state index contributed by atoms with van der Waals surface area (Å²) < 4.78 is 0. The van der Waals surface area contributed by atoms with E-state index in [0.717, 1.165) is 18.8 Å². The lowest BCUT2D eigenvalue weighted by atomic mass is 10.3. The Morgan fingerprint density at radius 2 is 2.32 bits per heavy atom. The van der Waals surface area contributed by atoms with Gasteiger partial charge in [-0.2, -0.15) is 0 Å². The van der Waals surface area contributed by atoms with Crippen molar-refractivity contribution < 1.29 is 0 Å². The lowest BCUT2D eigenvalue weighted by Crippen LogP contribution is -2.24. The molecule has 0 radical (unpaired) electrons. The predicted octanol–water partition coefficient (Wildman–Crippen LogP) is 3.74. The van der Waals surface area contributed by atoms with Crippen LogP contribution < -0.4 is 10.2 Å². The molecule has 3 nitrogen and oxygen atoms in total. The van der Waals surface area contributed by atoms with Crippen molar-refractivity contribution in [1.82, 2.24) is 4.98 Å². The summed E-state index contributed by atoms with van der Waals surface area (Å²) in [6, 6.07) is 7.24. The van der Waals surface area contributed by atoms with E-state index in [9.17, 15) is 0 Å². The van der Waals surface area contributed by atoms with Crippen molar-refractivity contribution in [3.63, 3.8) is 0 Å². The number of hydrogen-bond donors (Lipinski definition) is 1. The van der Waals surface area contributed by atoms with Crippen molar-refractivity contribution in [3.05, 3.63) is 40.8 Å². The fraction of sp³-hybridized carbons (Fsp3) is 0.400. The average Bonchev–Trinajstić information content (AvgIpc) is 3.14. The van der Waals surface area contributed by atoms with Gasteiger partial charge in [0, 0.05) is 17.5 Å². The van der Waals surface area contributed by atoms with E-state index in [1.807, 2.05) is 23.7 Å². The van der Waals surface area contributed by atoms with Gasteiger partial charge in [0.2, 0.25) is 0 Å². The van der Waals surface area contributed by atoms with Gasteiger partial charge >= 0.3 is 0 Å². The summed E-state index contributed by atoms with van der Waals surface area (Å²) in [5.74, 6) is 0. The molecule has 1 aliphatic carbocycles. The Morgan fingerprint density at radius 3 is 3.00 bits per heavy atom. The van der Waals surface area contributed by atoms with Crippen LogP contribution in [0, 0.1) is 0 Å². The highest BCUT2D eigenvalue weighted by Crippen LogP contribution is 2.34. The summed E-state index contributed by atoms with van der Waals surface area (Å²) in [5.41, 5.74) is 2.34. The van der Waals surface area contributed by atoms with Crippen LogP contribution in [-0.2, 0) is 6.54 Å². The van der Waals surface area contributed by atoms with Crippen molar-refractivity contribution in [1.29, 1.82) is 0 Å². The molecule has 2 aromatic heterocycles. The Morgan fingerprint density at radius 1 is 1.42 bits per heavy atom. The van der Waals surface area contributed by atoms with Crippen LogP contribution in [0.1, 0.15) is 24.6 Å². The number of pyridine rings is 1. The first-order chi connectivity index (χ1) is 9.36. The quantitative estimate of drug-likeness (QED) is 0.869. The van der Waals surface area contributed by atoms with Gasteiger partial charge in [-0.25, -0.2) is 0 Å². The summed E-state index contributed by atoms with van der Waals surface area (Å²) >= 11 is 1.83. The van der Waals surface area contributed by atoms with Crippen LogP contribution in [0.5, 0.6) is 0 Å². The molecule has 1 aliphatic rings. The monoisotopic (exact) mass is 273 g/mol. The van der Waals surface area contributed by atoms with Crippen LogP contribution in [0.3, 0.4) is 0 Å². The van der Waals surface area contributed by atoms with Crippen molar-refractivity contribution in [3.8, 4) is 0 Å². The molecule has 0 saturated heterocycles. The summed E-state index contributed by atoms with van der Waals surface area (Å²) in [6.07, 6.45) is 6.48. The largest absolute Gasteiger partial charge is 0.384 e. The van der Waals surface area contributed by atoms with Gasteiger partial charge in [0.1, 0.15) is 0 Å². The van der Waals surface area contributed by atoms with Crippen molar-refractivity contribution in [2.24, 2.45) is 0 Å². The third-order valence-corrected chi connectivity index (χ3v) is 4.19. The summed E-state index contributed by atoms with van der Waals surface area (Å²) in [6.45, 7) is 4.04. The number of nitrogens with one attached hydrogen (secondary N) is 1. The number of nitrogens with zero attached hydrogens (tertiary/aromatic N) is 2. The molecule has 1 N–H and O–H groups in total. The first-order valence-corrected chi connectivity index (χ1v) is 7.72. The Bertz CT molecular complexity index is 520. The molecule has 0 aliphatic heterocycles. The predicted molar refractivity (Wildman–Crippen MR) is 81.9 cm³/mol. The molecule has 0 atom stereocenters. The maximum atomic E-state index is 4.36. The molecule has 19 heavy (non-hydrogen) atoms. The normalized spacial score (nSPS) is 14.4. The van der Waals surface area contributed by atoms with Gasteiger partial charge in [-0.1, -0.05) is 6.07 Å². The second kappa shape index (κ2) is 5.61. The molecule has 4 heteroatoms. The number of thiophene rings is 1. The molecule has 0 amide bonds. The van der Waals surface area contributed by atoms with E-state index in [-0.39, 0.29) is 0 Å². The maximum absolute atomic E-state index is 4.36. The first kappa shape index (κ1) is 12.5. The van der Waals surface area contributed by atoms with Crippen LogP contribution in [0.2, 0.25) is 0 Å². The van der Waals surface area contributed by atoms with Gasteiger partial charge in [-0.15, -0.1) is 11.3 Å². The van der Waals surface area contributed by atoms with Crippen molar-refractivity contribution in [2.45, 2.75) is 32.4 Å². The van der Waals surface area contributed by atoms with E-state index in [1.165, 1.54) is 23.4 Å². The second-order valence-corrected chi connectivity index (χ2v) is 5.93. The highest BCUT2D eigenvalue weighted by Gasteiger charge is 2.29. The van der Waals surface area contributed by atoms with Crippen LogP contribution in [0.15, 0.2) is 36.0 Å². The number of hydrogen-bond acceptors (Lipinski definition) is 4. The fourth-order valence-corrected chi connectivity index (χ4v) is 2.98. The summed E-state index contributed by atoms with van der Waals surface area (Å²) in [4.78, 5) is 8.27. The molecular weight excluding hydrogens is 254 g/mol. The molecule has 1 fully saturated rings. The molecule has 2 heterocycles. The molecule has 0 unspecified atom stereocenters. The minimum atomic E-state index is 0.695. The van der Waals surface area contributed by atoms with Gasteiger partial charge in [-0.05, 0) is 37.3 Å². The Kier molecular flexibility index (Phi) is 3.69. The molecule has 0 bridgehead atoms. The number of anilines is 2. The molecule has 2 aromatic rings. The van der Waals surface area contributed by atoms with Gasteiger partial charge < -0.3 is 10.2 Å². The van der Waals surface area contributed by atoms with E-state index in [2.05, 4.69) is 45.7 Å². The SMILES string of the molecule is CCNc1cncc(N(Cc2cccs2)C2CC2)c1. The molecule has 1 saturated carbocycles. The lowest BCUT2D eigenvalue weighted by Gasteiger charge is -2.24. The number of rotatable bonds is 6. The maximum Gasteiger partial charge on any atom is 0.0579 e. The van der Waals surface area contributed by atoms with Crippen molar-refractivity contribution >= 4 is 22.7 Å². The lowest BCUT2D eigenvalue weighted by molar-refractivity contribution is 0.801. The highest BCUT2D eigenvalue weighted by molar-refractivity contribution is 7.09. The van der Waals surface area contributed by atoms with Crippen LogP contribution in [0.4, 0.5) is 11.4 Å². The minimum absolute atomic E-state index is 0.695. The zero-order valence-electron chi connectivity index (χ0n) is 11.2. The van der Waals surface area contributed by atoms with Crippen molar-refractivity contribution in [2.75, 3.05) is 16.8 Å². The van der Waals surface area contributed by atoms with E-state index >= 15 is 0 Å². The summed E-state index contributed by atoms with van der Waals surface area (Å²) in [7, 11) is 0. The second-order valence-electron chi connectivity index (χ2n) is 4.90. The standard InChI is InChI=1S/C15H19N3S/c1-2-17-12-8-14(10-16-9-12)18(13-5-6-13)11-15-4-3-7-19-15/h3-4,7-10,13,17H,2,5-6,11H2,1H3. The average molecular weight is 273 g/mol. The Hall–Kier alpha value is -1.55. The van der Waals surface area contributed by atoms with E-state index in [0.29, 0.717) is 6.04 Å². The summed E-state index contributed by atoms with van der Waals surface area (Å²) in [5, 5.41) is 5.48. The zero-order valence-corrected chi connectivity index (χ0v) is 12.0. The minimum Gasteiger partial charge on any atom is -0.384 e. The van der Waals surface area contributed by atoms with Crippen LogP contribution in [-0.4, -0.2) is 17.6 Å². The van der Waals surface area contributed by atoms with Gasteiger partial charge in [0.25, 0.3) is 0 Å². The molecule has 3 rings (SSSR count). The molecule has 100 valence electrons. The van der Waals surface area contributed by atoms with Crippen LogP contribution >= 0.6 is 11.3 Å². The highest BCUT2D eigenvalue weighted by atomic mass is 32.1. The van der Waals surface area contributed by atoms with Crippen LogP contribution in [0.25, 0.3) is 0 Å². The van der Waals surface area contributed by atoms with Gasteiger partial charge in [0.15, 0.2) is 0 Å². The Labute approximate surface area is 118 Å². The van der Waals surface area contributed by atoms with Gasteiger partial charge in [0.05, 0.1) is 30.3 Å². The third-order valence-electron chi connectivity index (χ3n) is 3.33. The zero-order chi connectivity index (χ0) is 13.1. The van der Waals surface area contributed by atoms with E-state index in [4.69, 9.17) is 0 Å². The first-order valence-electron chi connectivity index (χ1n) is 6.85.